The molecular weight excluding hydrogens is 691 g/mol. The van der Waals surface area contributed by atoms with E-state index in [9.17, 15) is 0 Å². The lowest BCUT2D eigenvalue weighted by Crippen LogP contribution is -2.16. The molecule has 11 aromatic rings. The zero-order valence-corrected chi connectivity index (χ0v) is 31.1. The monoisotopic (exact) mass is 723 g/mol. The molecule has 0 aliphatic heterocycles. The highest BCUT2D eigenvalue weighted by Gasteiger charge is 2.35. The Bertz CT molecular complexity index is 3360. The van der Waals surface area contributed by atoms with Gasteiger partial charge in [0, 0.05) is 64.2 Å². The predicted molar refractivity (Wildman–Crippen MR) is 232 cm³/mol. The molecule has 3 nitrogen and oxygen atoms in total. The number of nitrogens with zero attached hydrogens (tertiary/aromatic N) is 1. The van der Waals surface area contributed by atoms with Gasteiger partial charge in [-0.1, -0.05) is 105 Å². The van der Waals surface area contributed by atoms with Crippen molar-refractivity contribution in [2.75, 3.05) is 4.90 Å². The molecular formula is C51H33NO2S. The van der Waals surface area contributed by atoms with Gasteiger partial charge in [-0.25, -0.2) is 0 Å². The van der Waals surface area contributed by atoms with Crippen LogP contribution in [0, 0.1) is 0 Å². The molecule has 0 bridgehead atoms. The number of hydrogen-bond donors (Lipinski definition) is 0. The fraction of sp³-hybridized carbons (Fsp3) is 0.0588. The largest absolute Gasteiger partial charge is 0.456 e. The SMILES string of the molecule is CC1(C)c2ccccc2-c2ccc(N(c3ccc4c(c3)sc3ccccc34)c3ccc4oc5cc6c(cc5c4c3)oc3ccc(-c4ccccc4)cc36)cc21. The first-order valence-electron chi connectivity index (χ1n) is 18.8. The van der Waals surface area contributed by atoms with Gasteiger partial charge in [0.25, 0.3) is 0 Å². The van der Waals surface area contributed by atoms with Crippen molar-refractivity contribution >= 4 is 92.4 Å². The molecule has 0 N–H and O–H groups in total. The van der Waals surface area contributed by atoms with Crippen LogP contribution in [0.15, 0.2) is 173 Å². The molecule has 0 saturated heterocycles. The van der Waals surface area contributed by atoms with Crippen molar-refractivity contribution in [3.8, 4) is 22.3 Å². The fourth-order valence-electron chi connectivity index (χ4n) is 9.12. The van der Waals surface area contributed by atoms with Gasteiger partial charge in [-0.05, 0) is 106 Å². The Morgan fingerprint density at radius 1 is 0.400 bits per heavy atom. The summed E-state index contributed by atoms with van der Waals surface area (Å²) in [5, 5.41) is 6.83. The smallest absolute Gasteiger partial charge is 0.136 e. The number of rotatable bonds is 4. The minimum absolute atomic E-state index is 0.117. The highest BCUT2D eigenvalue weighted by molar-refractivity contribution is 7.25. The summed E-state index contributed by atoms with van der Waals surface area (Å²) in [5.41, 5.74) is 14.3. The summed E-state index contributed by atoms with van der Waals surface area (Å²) in [6.07, 6.45) is 0. The molecule has 260 valence electrons. The zero-order chi connectivity index (χ0) is 36.4. The van der Waals surface area contributed by atoms with E-state index in [2.05, 4.69) is 176 Å². The van der Waals surface area contributed by atoms with Crippen LogP contribution in [-0.4, -0.2) is 0 Å². The molecule has 0 saturated carbocycles. The Balaban J connectivity index is 1.05. The van der Waals surface area contributed by atoms with Crippen LogP contribution < -0.4 is 4.90 Å². The van der Waals surface area contributed by atoms with E-state index in [1.807, 2.05) is 17.4 Å². The summed E-state index contributed by atoms with van der Waals surface area (Å²) in [6.45, 7) is 4.69. The average Bonchev–Trinajstić information content (AvgIpc) is 3.95. The standard InChI is InChI=1S/C51H33NO2S/c1-51(2)43-14-8-6-12-35(43)36-20-17-33(26-44(36)51)52(34-18-21-38-37-13-7-9-15-49(37)55-50(38)27-34)32-19-23-46-40(25-32)42-29-47-41(28-48(42)54-46)39-24-31(16-22-45(39)53-47)30-10-4-3-5-11-30/h3-29H,1-2H3. The molecule has 0 amide bonds. The van der Waals surface area contributed by atoms with E-state index in [-0.39, 0.29) is 5.41 Å². The van der Waals surface area contributed by atoms with Gasteiger partial charge in [0.15, 0.2) is 0 Å². The van der Waals surface area contributed by atoms with Gasteiger partial charge in [-0.15, -0.1) is 11.3 Å². The maximum atomic E-state index is 6.60. The highest BCUT2D eigenvalue weighted by Crippen LogP contribution is 2.51. The van der Waals surface area contributed by atoms with Gasteiger partial charge in [0.1, 0.15) is 22.3 Å². The molecule has 0 atom stereocenters. The van der Waals surface area contributed by atoms with Crippen molar-refractivity contribution < 1.29 is 8.83 Å². The second-order valence-electron chi connectivity index (χ2n) is 15.3. The van der Waals surface area contributed by atoms with E-state index in [4.69, 9.17) is 8.83 Å². The van der Waals surface area contributed by atoms with Crippen LogP contribution in [0.2, 0.25) is 0 Å². The first kappa shape index (κ1) is 30.8. The summed E-state index contributed by atoms with van der Waals surface area (Å²) in [6, 6.07) is 59.3. The summed E-state index contributed by atoms with van der Waals surface area (Å²) < 4.78 is 15.7. The van der Waals surface area contributed by atoms with Gasteiger partial charge in [-0.2, -0.15) is 0 Å². The zero-order valence-electron chi connectivity index (χ0n) is 30.3. The number of furan rings is 2. The van der Waals surface area contributed by atoms with Crippen molar-refractivity contribution in [2.24, 2.45) is 0 Å². The molecule has 0 fully saturated rings. The Morgan fingerprint density at radius 2 is 1.00 bits per heavy atom. The second kappa shape index (κ2) is 11.2. The van der Waals surface area contributed by atoms with Gasteiger partial charge in [0.2, 0.25) is 0 Å². The van der Waals surface area contributed by atoms with Gasteiger partial charge in [0.05, 0.1) is 0 Å². The van der Waals surface area contributed by atoms with Gasteiger partial charge < -0.3 is 13.7 Å². The van der Waals surface area contributed by atoms with E-state index in [0.717, 1.165) is 66.5 Å². The molecule has 0 unspecified atom stereocenters. The molecule has 55 heavy (non-hydrogen) atoms. The summed E-state index contributed by atoms with van der Waals surface area (Å²) in [4.78, 5) is 2.41. The number of hydrogen-bond acceptors (Lipinski definition) is 4. The third kappa shape index (κ3) is 4.49. The van der Waals surface area contributed by atoms with Crippen molar-refractivity contribution in [3.05, 3.63) is 175 Å². The van der Waals surface area contributed by atoms with Crippen molar-refractivity contribution in [1.82, 2.24) is 0 Å². The van der Waals surface area contributed by atoms with E-state index >= 15 is 0 Å². The minimum atomic E-state index is -0.117. The molecule has 0 spiro atoms. The molecule has 3 heterocycles. The quantitative estimate of drug-likeness (QED) is 0.181. The maximum Gasteiger partial charge on any atom is 0.136 e. The number of benzene rings is 8. The van der Waals surface area contributed by atoms with Crippen molar-refractivity contribution in [3.63, 3.8) is 0 Å². The Morgan fingerprint density at radius 3 is 1.84 bits per heavy atom. The average molecular weight is 724 g/mol. The lowest BCUT2D eigenvalue weighted by molar-refractivity contribution is 0.660. The Labute approximate surface area is 321 Å². The lowest BCUT2D eigenvalue weighted by Gasteiger charge is -2.28. The normalized spacial score (nSPS) is 13.4. The van der Waals surface area contributed by atoms with Crippen LogP contribution in [-0.2, 0) is 5.41 Å². The van der Waals surface area contributed by atoms with Crippen LogP contribution in [0.25, 0.3) is 86.3 Å². The van der Waals surface area contributed by atoms with Gasteiger partial charge >= 0.3 is 0 Å². The molecule has 3 aromatic heterocycles. The molecule has 8 aromatic carbocycles. The predicted octanol–water partition coefficient (Wildman–Crippen LogP) is 15.3. The van der Waals surface area contributed by atoms with E-state index < -0.39 is 0 Å². The summed E-state index contributed by atoms with van der Waals surface area (Å²) in [7, 11) is 0. The van der Waals surface area contributed by atoms with Crippen LogP contribution in [0.1, 0.15) is 25.0 Å². The maximum absolute atomic E-state index is 6.60. The summed E-state index contributed by atoms with van der Waals surface area (Å²) in [5.74, 6) is 0. The third-order valence-electron chi connectivity index (χ3n) is 11.9. The van der Waals surface area contributed by atoms with Crippen LogP contribution in [0.4, 0.5) is 17.1 Å². The number of anilines is 3. The molecule has 1 aliphatic carbocycles. The molecule has 12 rings (SSSR count). The molecule has 0 radical (unpaired) electrons. The lowest BCUT2D eigenvalue weighted by atomic mass is 9.82. The van der Waals surface area contributed by atoms with Crippen molar-refractivity contribution in [2.45, 2.75) is 19.3 Å². The van der Waals surface area contributed by atoms with Gasteiger partial charge in [-0.3, -0.25) is 0 Å². The van der Waals surface area contributed by atoms with E-state index in [1.165, 1.54) is 48.0 Å². The van der Waals surface area contributed by atoms with E-state index in [1.54, 1.807) is 0 Å². The second-order valence-corrected chi connectivity index (χ2v) is 16.4. The van der Waals surface area contributed by atoms with Crippen LogP contribution in [0.3, 0.4) is 0 Å². The Kier molecular flexibility index (Phi) is 6.27. The minimum Gasteiger partial charge on any atom is -0.456 e. The first-order chi connectivity index (χ1) is 27.0. The van der Waals surface area contributed by atoms with Crippen LogP contribution in [0.5, 0.6) is 0 Å². The number of thiophene rings is 1. The molecule has 4 heteroatoms. The van der Waals surface area contributed by atoms with E-state index in [0.29, 0.717) is 0 Å². The van der Waals surface area contributed by atoms with Crippen LogP contribution >= 0.6 is 11.3 Å². The Hall–Kier alpha value is -6.62. The number of fused-ring (bicyclic) bond motifs is 12. The first-order valence-corrected chi connectivity index (χ1v) is 19.6. The van der Waals surface area contributed by atoms with Crippen molar-refractivity contribution in [1.29, 1.82) is 0 Å². The highest BCUT2D eigenvalue weighted by atomic mass is 32.1. The molecule has 1 aliphatic rings. The summed E-state index contributed by atoms with van der Waals surface area (Å²) >= 11 is 1.85. The fourth-order valence-corrected chi connectivity index (χ4v) is 10.3. The third-order valence-corrected chi connectivity index (χ3v) is 13.0. The topological polar surface area (TPSA) is 29.5 Å².